The van der Waals surface area contributed by atoms with Gasteiger partial charge in [0, 0.05) is 13.1 Å². The Kier molecular flexibility index (Phi) is 8.18. The van der Waals surface area contributed by atoms with Crippen LogP contribution in [0.4, 0.5) is 0 Å². The van der Waals surface area contributed by atoms with E-state index in [9.17, 15) is 9.59 Å². The van der Waals surface area contributed by atoms with Crippen molar-refractivity contribution in [1.29, 1.82) is 0 Å². The van der Waals surface area contributed by atoms with E-state index >= 15 is 0 Å². The molecule has 3 rings (SSSR count). The zero-order valence-electron chi connectivity index (χ0n) is 17.8. The topological polar surface area (TPSA) is 58.2 Å². The first-order chi connectivity index (χ1) is 15.1. The van der Waals surface area contributed by atoms with Gasteiger partial charge in [-0.1, -0.05) is 90.5 Å². The Bertz CT molecular complexity index is 951. The number of hydrogen-bond donors (Lipinski definition) is 2. The van der Waals surface area contributed by atoms with Gasteiger partial charge in [-0.05, 0) is 42.5 Å². The van der Waals surface area contributed by atoms with E-state index in [1.807, 2.05) is 91.9 Å². The first kappa shape index (κ1) is 22.0. The number of aryl methyl sites for hydroxylation is 1. The van der Waals surface area contributed by atoms with Gasteiger partial charge in [-0.3, -0.25) is 9.59 Å². The quantitative estimate of drug-likeness (QED) is 0.316. The molecule has 0 unspecified atom stereocenters. The summed E-state index contributed by atoms with van der Waals surface area (Å²) in [5.74, 6) is -0.734. The van der Waals surface area contributed by atoms with E-state index in [0.717, 1.165) is 22.3 Å². The van der Waals surface area contributed by atoms with Crippen LogP contribution in [0.15, 0.2) is 90.5 Å². The van der Waals surface area contributed by atoms with Gasteiger partial charge in [0.15, 0.2) is 0 Å². The highest BCUT2D eigenvalue weighted by Crippen LogP contribution is 2.10. The molecular formula is C27H28N2O2. The largest absolute Gasteiger partial charge is 0.352 e. The molecule has 0 saturated heterocycles. The Morgan fingerprint density at radius 1 is 0.677 bits per heavy atom. The van der Waals surface area contributed by atoms with Crippen LogP contribution in [-0.4, -0.2) is 24.9 Å². The van der Waals surface area contributed by atoms with Crippen molar-refractivity contribution < 1.29 is 9.59 Å². The lowest BCUT2D eigenvalue weighted by Crippen LogP contribution is -2.36. The fraction of sp³-hybridized carbons (Fsp3) is 0.185. The first-order valence-corrected chi connectivity index (χ1v) is 10.5. The van der Waals surface area contributed by atoms with E-state index in [1.54, 1.807) is 6.08 Å². The SMILES string of the molecule is Cc1ccc(C=C(C(=O)NCCc2ccccc2)C(=O)NCCc2ccccc2)cc1. The minimum absolute atomic E-state index is 0.116. The third kappa shape index (κ3) is 7.27. The van der Waals surface area contributed by atoms with Crippen molar-refractivity contribution in [1.82, 2.24) is 10.6 Å². The van der Waals surface area contributed by atoms with Crippen LogP contribution in [0.25, 0.3) is 6.08 Å². The van der Waals surface area contributed by atoms with E-state index < -0.39 is 0 Å². The van der Waals surface area contributed by atoms with Crippen molar-refractivity contribution in [3.8, 4) is 0 Å². The molecule has 0 saturated carbocycles. The van der Waals surface area contributed by atoms with Gasteiger partial charge in [0.05, 0.1) is 0 Å². The molecule has 3 aromatic carbocycles. The summed E-state index contributed by atoms with van der Waals surface area (Å²) in [5.41, 5.74) is 4.33. The summed E-state index contributed by atoms with van der Waals surface area (Å²) in [7, 11) is 0. The molecule has 0 spiro atoms. The highest BCUT2D eigenvalue weighted by molar-refractivity contribution is 6.21. The number of carbonyl (C=O) groups excluding carboxylic acids is 2. The number of carbonyl (C=O) groups is 2. The van der Waals surface area contributed by atoms with E-state index in [4.69, 9.17) is 0 Å². The molecule has 31 heavy (non-hydrogen) atoms. The van der Waals surface area contributed by atoms with E-state index in [-0.39, 0.29) is 17.4 Å². The average molecular weight is 413 g/mol. The molecule has 0 aliphatic heterocycles. The Morgan fingerprint density at radius 2 is 1.13 bits per heavy atom. The predicted molar refractivity (Wildman–Crippen MR) is 125 cm³/mol. The van der Waals surface area contributed by atoms with Crippen LogP contribution in [0.3, 0.4) is 0 Å². The van der Waals surface area contributed by atoms with Crippen LogP contribution in [0.2, 0.25) is 0 Å². The second-order valence-electron chi connectivity index (χ2n) is 7.45. The molecule has 4 heteroatoms. The fourth-order valence-corrected chi connectivity index (χ4v) is 3.18. The standard InChI is InChI=1S/C27H28N2O2/c1-21-12-14-24(15-13-21)20-25(26(30)28-18-16-22-8-4-2-5-9-22)27(31)29-19-17-23-10-6-3-7-11-23/h2-15,20H,16-19H2,1H3,(H,28,30)(H,29,31). The Hall–Kier alpha value is -3.66. The van der Waals surface area contributed by atoms with Crippen LogP contribution in [-0.2, 0) is 22.4 Å². The summed E-state index contributed by atoms with van der Waals surface area (Å²) >= 11 is 0. The van der Waals surface area contributed by atoms with E-state index in [0.29, 0.717) is 25.9 Å². The van der Waals surface area contributed by atoms with Crippen LogP contribution in [0.5, 0.6) is 0 Å². The van der Waals surface area contributed by atoms with Gasteiger partial charge in [-0.25, -0.2) is 0 Å². The second-order valence-corrected chi connectivity index (χ2v) is 7.45. The first-order valence-electron chi connectivity index (χ1n) is 10.5. The van der Waals surface area contributed by atoms with Gasteiger partial charge in [0.1, 0.15) is 5.57 Å². The molecule has 0 radical (unpaired) electrons. The van der Waals surface area contributed by atoms with Crippen LogP contribution in [0.1, 0.15) is 22.3 Å². The Balaban J connectivity index is 1.65. The molecule has 2 N–H and O–H groups in total. The number of nitrogens with one attached hydrogen (secondary N) is 2. The van der Waals surface area contributed by atoms with Crippen LogP contribution < -0.4 is 10.6 Å². The molecule has 0 heterocycles. The zero-order valence-corrected chi connectivity index (χ0v) is 17.8. The maximum absolute atomic E-state index is 12.8. The molecular weight excluding hydrogens is 384 g/mol. The molecule has 0 aliphatic rings. The predicted octanol–water partition coefficient (Wildman–Crippen LogP) is 4.10. The van der Waals surface area contributed by atoms with Gasteiger partial charge < -0.3 is 10.6 Å². The van der Waals surface area contributed by atoms with Crippen molar-refractivity contribution in [2.24, 2.45) is 0 Å². The van der Waals surface area contributed by atoms with Crippen LogP contribution >= 0.6 is 0 Å². The third-order valence-corrected chi connectivity index (χ3v) is 4.96. The molecule has 0 aromatic heterocycles. The van der Waals surface area contributed by atoms with Gasteiger partial charge in [0.25, 0.3) is 11.8 Å². The lowest BCUT2D eigenvalue weighted by atomic mass is 10.1. The summed E-state index contributed by atoms with van der Waals surface area (Å²) in [5, 5.41) is 5.77. The van der Waals surface area contributed by atoms with Gasteiger partial charge in [0.2, 0.25) is 0 Å². The lowest BCUT2D eigenvalue weighted by Gasteiger charge is -2.11. The molecule has 2 amide bonds. The van der Waals surface area contributed by atoms with Crippen molar-refractivity contribution in [2.75, 3.05) is 13.1 Å². The lowest BCUT2D eigenvalue weighted by molar-refractivity contribution is -0.123. The molecule has 0 bridgehead atoms. The maximum atomic E-state index is 12.8. The normalized spacial score (nSPS) is 10.2. The van der Waals surface area contributed by atoms with Crippen molar-refractivity contribution in [2.45, 2.75) is 19.8 Å². The highest BCUT2D eigenvalue weighted by atomic mass is 16.2. The highest BCUT2D eigenvalue weighted by Gasteiger charge is 2.18. The summed E-state index contributed by atoms with van der Waals surface area (Å²) in [6.07, 6.45) is 3.06. The number of rotatable bonds is 9. The third-order valence-electron chi connectivity index (χ3n) is 4.96. The van der Waals surface area contributed by atoms with Gasteiger partial charge in [-0.2, -0.15) is 0 Å². The smallest absolute Gasteiger partial charge is 0.256 e. The number of amides is 2. The Labute approximate surface area is 184 Å². The summed E-state index contributed by atoms with van der Waals surface area (Å²) in [6, 6.07) is 27.6. The van der Waals surface area contributed by atoms with Gasteiger partial charge in [-0.15, -0.1) is 0 Å². The molecule has 3 aromatic rings. The minimum Gasteiger partial charge on any atom is -0.352 e. The van der Waals surface area contributed by atoms with Crippen molar-refractivity contribution in [3.63, 3.8) is 0 Å². The second kappa shape index (κ2) is 11.5. The monoisotopic (exact) mass is 412 g/mol. The molecule has 0 fully saturated rings. The Morgan fingerprint density at radius 3 is 1.58 bits per heavy atom. The average Bonchev–Trinajstić information content (AvgIpc) is 2.80. The summed E-state index contributed by atoms with van der Waals surface area (Å²) < 4.78 is 0. The maximum Gasteiger partial charge on any atom is 0.256 e. The fourth-order valence-electron chi connectivity index (χ4n) is 3.18. The zero-order chi connectivity index (χ0) is 21.9. The van der Waals surface area contributed by atoms with E-state index in [2.05, 4.69) is 10.6 Å². The van der Waals surface area contributed by atoms with E-state index in [1.165, 1.54) is 0 Å². The summed E-state index contributed by atoms with van der Waals surface area (Å²) in [6.45, 7) is 2.93. The van der Waals surface area contributed by atoms with Gasteiger partial charge >= 0.3 is 0 Å². The molecule has 158 valence electrons. The van der Waals surface area contributed by atoms with Crippen molar-refractivity contribution in [3.05, 3.63) is 113 Å². The number of hydrogen-bond acceptors (Lipinski definition) is 2. The van der Waals surface area contributed by atoms with Crippen LogP contribution in [0, 0.1) is 6.92 Å². The minimum atomic E-state index is -0.367. The summed E-state index contributed by atoms with van der Waals surface area (Å²) in [4.78, 5) is 25.7. The molecule has 4 nitrogen and oxygen atoms in total. The molecule has 0 aliphatic carbocycles. The number of benzene rings is 3. The van der Waals surface area contributed by atoms with Crippen molar-refractivity contribution >= 4 is 17.9 Å². The molecule has 0 atom stereocenters.